The zero-order valence-corrected chi connectivity index (χ0v) is 11.2. The van der Waals surface area contributed by atoms with Gasteiger partial charge in [-0.05, 0) is 37.1 Å². The fourth-order valence-corrected chi connectivity index (χ4v) is 1.96. The molecule has 0 atom stereocenters. The second kappa shape index (κ2) is 6.99. The SMILES string of the molecule is CCOCCCNC(=O)Nc1ccc2c(c1)CCO2. The van der Waals surface area contributed by atoms with Gasteiger partial charge in [0.15, 0.2) is 0 Å². The molecular formula is C14H20N2O3. The molecule has 2 N–H and O–H groups in total. The fourth-order valence-electron chi connectivity index (χ4n) is 1.96. The van der Waals surface area contributed by atoms with Crippen LogP contribution in [0.3, 0.4) is 0 Å². The van der Waals surface area contributed by atoms with E-state index in [4.69, 9.17) is 9.47 Å². The quantitative estimate of drug-likeness (QED) is 0.774. The van der Waals surface area contributed by atoms with Crippen molar-refractivity contribution in [2.75, 3.05) is 31.7 Å². The number of nitrogens with one attached hydrogen (secondary N) is 2. The van der Waals surface area contributed by atoms with Gasteiger partial charge < -0.3 is 20.1 Å². The van der Waals surface area contributed by atoms with Gasteiger partial charge in [-0.25, -0.2) is 4.79 Å². The van der Waals surface area contributed by atoms with Crippen molar-refractivity contribution in [2.45, 2.75) is 19.8 Å². The van der Waals surface area contributed by atoms with Crippen LogP contribution in [0.1, 0.15) is 18.9 Å². The molecular weight excluding hydrogens is 244 g/mol. The number of carbonyl (C=O) groups is 1. The topological polar surface area (TPSA) is 59.6 Å². The van der Waals surface area contributed by atoms with Crippen molar-refractivity contribution >= 4 is 11.7 Å². The van der Waals surface area contributed by atoms with Gasteiger partial charge in [0.05, 0.1) is 6.61 Å². The summed E-state index contributed by atoms with van der Waals surface area (Å²) in [4.78, 5) is 11.7. The Kier molecular flexibility index (Phi) is 5.03. The maximum atomic E-state index is 11.7. The Labute approximate surface area is 113 Å². The van der Waals surface area contributed by atoms with Crippen molar-refractivity contribution in [3.8, 4) is 5.75 Å². The lowest BCUT2D eigenvalue weighted by Gasteiger charge is -2.08. The van der Waals surface area contributed by atoms with E-state index >= 15 is 0 Å². The van der Waals surface area contributed by atoms with Gasteiger partial charge >= 0.3 is 6.03 Å². The molecule has 0 saturated heterocycles. The first-order valence-electron chi connectivity index (χ1n) is 6.68. The molecule has 0 radical (unpaired) electrons. The van der Waals surface area contributed by atoms with Crippen LogP contribution in [0, 0.1) is 0 Å². The van der Waals surface area contributed by atoms with Gasteiger partial charge in [0.2, 0.25) is 0 Å². The van der Waals surface area contributed by atoms with Gasteiger partial charge in [-0.3, -0.25) is 0 Å². The average molecular weight is 264 g/mol. The number of ether oxygens (including phenoxy) is 2. The Morgan fingerprint density at radius 1 is 1.47 bits per heavy atom. The third kappa shape index (κ3) is 4.13. The van der Waals surface area contributed by atoms with Crippen molar-refractivity contribution in [1.29, 1.82) is 0 Å². The average Bonchev–Trinajstić information content (AvgIpc) is 2.86. The largest absolute Gasteiger partial charge is 0.493 e. The van der Waals surface area contributed by atoms with E-state index in [0.717, 1.165) is 36.4 Å². The van der Waals surface area contributed by atoms with Crippen LogP contribution in [0.4, 0.5) is 10.5 Å². The summed E-state index contributed by atoms with van der Waals surface area (Å²) in [5.74, 6) is 0.919. The number of anilines is 1. The van der Waals surface area contributed by atoms with E-state index in [-0.39, 0.29) is 6.03 Å². The van der Waals surface area contributed by atoms with Crippen LogP contribution in [0.5, 0.6) is 5.75 Å². The van der Waals surface area contributed by atoms with E-state index < -0.39 is 0 Å². The van der Waals surface area contributed by atoms with Crippen molar-refractivity contribution in [1.82, 2.24) is 5.32 Å². The van der Waals surface area contributed by atoms with Crippen LogP contribution >= 0.6 is 0 Å². The summed E-state index contributed by atoms with van der Waals surface area (Å²) in [5, 5.41) is 5.61. The molecule has 1 aromatic carbocycles. The summed E-state index contributed by atoms with van der Waals surface area (Å²) < 4.78 is 10.6. The fraction of sp³-hybridized carbons (Fsp3) is 0.500. The van der Waals surface area contributed by atoms with E-state index in [9.17, 15) is 4.79 Å². The molecule has 2 amide bonds. The number of urea groups is 1. The number of hydrogen-bond acceptors (Lipinski definition) is 3. The highest BCUT2D eigenvalue weighted by atomic mass is 16.5. The van der Waals surface area contributed by atoms with Crippen molar-refractivity contribution in [3.63, 3.8) is 0 Å². The van der Waals surface area contributed by atoms with Crippen LogP contribution < -0.4 is 15.4 Å². The molecule has 5 nitrogen and oxygen atoms in total. The zero-order valence-electron chi connectivity index (χ0n) is 11.2. The second-order valence-electron chi connectivity index (χ2n) is 4.35. The van der Waals surface area contributed by atoms with Gasteiger partial charge in [0.1, 0.15) is 5.75 Å². The number of benzene rings is 1. The maximum Gasteiger partial charge on any atom is 0.319 e. The molecule has 5 heteroatoms. The molecule has 1 heterocycles. The van der Waals surface area contributed by atoms with E-state index in [0.29, 0.717) is 19.8 Å². The summed E-state index contributed by atoms with van der Waals surface area (Å²) in [7, 11) is 0. The molecule has 0 aromatic heterocycles. The molecule has 0 saturated carbocycles. The molecule has 0 spiro atoms. The summed E-state index contributed by atoms with van der Waals surface area (Å²) in [6, 6.07) is 5.52. The Morgan fingerprint density at radius 3 is 3.21 bits per heavy atom. The number of amides is 2. The molecule has 104 valence electrons. The van der Waals surface area contributed by atoms with E-state index in [2.05, 4.69) is 10.6 Å². The summed E-state index contributed by atoms with van der Waals surface area (Å²) in [6.07, 6.45) is 1.72. The molecule has 2 rings (SSSR count). The zero-order chi connectivity index (χ0) is 13.5. The summed E-state index contributed by atoms with van der Waals surface area (Å²) in [6.45, 7) is 4.68. The monoisotopic (exact) mass is 264 g/mol. The maximum absolute atomic E-state index is 11.7. The van der Waals surface area contributed by atoms with E-state index in [1.807, 2.05) is 25.1 Å². The van der Waals surface area contributed by atoms with Gasteiger partial charge in [-0.15, -0.1) is 0 Å². The molecule has 1 aromatic rings. The minimum absolute atomic E-state index is 0.185. The van der Waals surface area contributed by atoms with Crippen molar-refractivity contribution in [3.05, 3.63) is 23.8 Å². The highest BCUT2D eigenvalue weighted by molar-refractivity contribution is 5.89. The first kappa shape index (κ1) is 13.7. The molecule has 1 aliphatic heterocycles. The van der Waals surface area contributed by atoms with Gasteiger partial charge in [0, 0.05) is 31.9 Å². The molecule has 0 aliphatic carbocycles. The normalized spacial score (nSPS) is 12.7. The highest BCUT2D eigenvalue weighted by Gasteiger charge is 2.12. The first-order valence-corrected chi connectivity index (χ1v) is 6.68. The Balaban J connectivity index is 1.73. The minimum Gasteiger partial charge on any atom is -0.493 e. The summed E-state index contributed by atoms with van der Waals surface area (Å²) >= 11 is 0. The van der Waals surface area contributed by atoms with E-state index in [1.165, 1.54) is 0 Å². The highest BCUT2D eigenvalue weighted by Crippen LogP contribution is 2.27. The van der Waals surface area contributed by atoms with Crippen LogP contribution in [0.2, 0.25) is 0 Å². The Bertz CT molecular complexity index is 435. The summed E-state index contributed by atoms with van der Waals surface area (Å²) in [5.41, 5.74) is 1.95. The minimum atomic E-state index is -0.185. The lowest BCUT2D eigenvalue weighted by Crippen LogP contribution is -2.30. The first-order chi connectivity index (χ1) is 9.29. The number of fused-ring (bicyclic) bond motifs is 1. The second-order valence-corrected chi connectivity index (χ2v) is 4.35. The van der Waals surface area contributed by atoms with Crippen molar-refractivity contribution < 1.29 is 14.3 Å². The van der Waals surface area contributed by atoms with Crippen molar-refractivity contribution in [2.24, 2.45) is 0 Å². The van der Waals surface area contributed by atoms with Crippen LogP contribution in [0.25, 0.3) is 0 Å². The lowest BCUT2D eigenvalue weighted by atomic mass is 10.1. The molecule has 0 fully saturated rings. The standard InChI is InChI=1S/C14H20N2O3/c1-2-18-8-3-7-15-14(17)16-12-4-5-13-11(10-12)6-9-19-13/h4-5,10H,2-3,6-9H2,1H3,(H2,15,16,17). The smallest absolute Gasteiger partial charge is 0.319 e. The lowest BCUT2D eigenvalue weighted by molar-refractivity contribution is 0.145. The Morgan fingerprint density at radius 2 is 2.37 bits per heavy atom. The third-order valence-corrected chi connectivity index (χ3v) is 2.90. The number of carbonyl (C=O) groups excluding carboxylic acids is 1. The molecule has 1 aliphatic rings. The van der Waals surface area contributed by atoms with Gasteiger partial charge in [-0.1, -0.05) is 0 Å². The molecule has 0 unspecified atom stereocenters. The van der Waals surface area contributed by atoms with Gasteiger partial charge in [-0.2, -0.15) is 0 Å². The molecule has 19 heavy (non-hydrogen) atoms. The number of rotatable bonds is 6. The molecule has 0 bridgehead atoms. The van der Waals surface area contributed by atoms with Crippen LogP contribution in [-0.2, 0) is 11.2 Å². The number of hydrogen-bond donors (Lipinski definition) is 2. The van der Waals surface area contributed by atoms with Crippen LogP contribution in [0.15, 0.2) is 18.2 Å². The van der Waals surface area contributed by atoms with E-state index in [1.54, 1.807) is 0 Å². The third-order valence-electron chi connectivity index (χ3n) is 2.90. The van der Waals surface area contributed by atoms with Crippen LogP contribution in [-0.4, -0.2) is 32.4 Å². The predicted octanol–water partition coefficient (Wildman–Crippen LogP) is 2.17. The Hall–Kier alpha value is -1.75. The van der Waals surface area contributed by atoms with Gasteiger partial charge in [0.25, 0.3) is 0 Å². The predicted molar refractivity (Wildman–Crippen MR) is 73.8 cm³/mol.